The van der Waals surface area contributed by atoms with Gasteiger partial charge in [0.05, 0.1) is 21.5 Å². The van der Waals surface area contributed by atoms with E-state index in [4.69, 9.17) is 5.11 Å². The van der Waals surface area contributed by atoms with Crippen LogP contribution in [-0.4, -0.2) is 38.8 Å². The maximum Gasteiger partial charge on any atom is 0.446 e. The van der Waals surface area contributed by atoms with E-state index >= 15 is 0 Å². The molecule has 33 heavy (non-hydrogen) atoms. The number of benzene rings is 2. The molecule has 12 heteroatoms. The Labute approximate surface area is 196 Å². The molecule has 0 spiro atoms. The topological polar surface area (TPSA) is 98.4 Å². The van der Waals surface area contributed by atoms with Crippen molar-refractivity contribution < 1.29 is 28.2 Å². The van der Waals surface area contributed by atoms with Crippen LogP contribution in [0.5, 0.6) is 5.75 Å². The molecule has 176 valence electrons. The number of hydrogen-bond acceptors (Lipinski definition) is 8. The van der Waals surface area contributed by atoms with Gasteiger partial charge in [0.1, 0.15) is 11.4 Å². The SMILES string of the molecule is CCN(c1cc(O)c(N=Nc2nc3ccc(C(=O)O)cc3s2)cc1SC(F)(F)F)C(C)(C)C. The van der Waals surface area contributed by atoms with Gasteiger partial charge in [-0.15, -0.1) is 10.2 Å². The number of aromatic nitrogens is 1. The number of alkyl halides is 3. The van der Waals surface area contributed by atoms with E-state index < -0.39 is 17.0 Å². The number of hydrogen-bond donors (Lipinski definition) is 2. The number of rotatable bonds is 6. The van der Waals surface area contributed by atoms with Gasteiger partial charge < -0.3 is 15.1 Å². The number of carboxylic acid groups (broad SMARTS) is 1. The van der Waals surface area contributed by atoms with E-state index in [-0.39, 0.29) is 44.5 Å². The van der Waals surface area contributed by atoms with Crippen molar-refractivity contribution in [3.63, 3.8) is 0 Å². The Kier molecular flexibility index (Phi) is 6.89. The molecule has 0 aliphatic rings. The molecule has 0 aliphatic heterocycles. The Morgan fingerprint density at radius 1 is 1.18 bits per heavy atom. The lowest BCUT2D eigenvalue weighted by Crippen LogP contribution is -2.41. The molecule has 2 N–H and O–H groups in total. The zero-order valence-electron chi connectivity index (χ0n) is 18.1. The lowest BCUT2D eigenvalue weighted by Gasteiger charge is -2.38. The van der Waals surface area contributed by atoms with Crippen LogP contribution in [0.15, 0.2) is 45.5 Å². The molecule has 0 saturated carbocycles. The number of aromatic carboxylic acids is 1. The molecule has 3 aromatic rings. The van der Waals surface area contributed by atoms with Gasteiger partial charge in [-0.3, -0.25) is 0 Å². The van der Waals surface area contributed by atoms with Crippen molar-refractivity contribution >= 4 is 55.8 Å². The van der Waals surface area contributed by atoms with Crippen LogP contribution in [0.1, 0.15) is 38.1 Å². The lowest BCUT2D eigenvalue weighted by atomic mass is 10.0. The molecule has 1 aromatic heterocycles. The van der Waals surface area contributed by atoms with Crippen LogP contribution >= 0.6 is 23.1 Å². The minimum absolute atomic E-state index is 0.0935. The number of azo groups is 1. The second-order valence-electron chi connectivity index (χ2n) is 7.96. The highest BCUT2D eigenvalue weighted by Crippen LogP contribution is 2.47. The fourth-order valence-corrected chi connectivity index (χ4v) is 4.76. The largest absolute Gasteiger partial charge is 0.506 e. The quantitative estimate of drug-likeness (QED) is 0.272. The Hall–Kier alpha value is -2.86. The number of phenols is 1. The average Bonchev–Trinajstić information content (AvgIpc) is 3.09. The van der Waals surface area contributed by atoms with Gasteiger partial charge in [0.2, 0.25) is 5.13 Å². The number of thioether (sulfide) groups is 1. The smallest absolute Gasteiger partial charge is 0.446 e. The van der Waals surface area contributed by atoms with E-state index in [1.807, 2.05) is 27.7 Å². The number of thiazole rings is 1. The van der Waals surface area contributed by atoms with Crippen LogP contribution < -0.4 is 4.90 Å². The summed E-state index contributed by atoms with van der Waals surface area (Å²) in [5.41, 5.74) is -4.31. The van der Waals surface area contributed by atoms with Crippen LogP contribution in [0.3, 0.4) is 0 Å². The van der Waals surface area contributed by atoms with Gasteiger partial charge >= 0.3 is 11.5 Å². The second-order valence-corrected chi connectivity index (χ2v) is 10.1. The van der Waals surface area contributed by atoms with Crippen molar-refractivity contribution in [3.05, 3.63) is 35.9 Å². The molecule has 0 bridgehead atoms. The van der Waals surface area contributed by atoms with Crippen molar-refractivity contribution in [1.82, 2.24) is 4.98 Å². The summed E-state index contributed by atoms with van der Waals surface area (Å²) < 4.78 is 40.3. The predicted octanol–water partition coefficient (Wildman–Crippen LogP) is 7.35. The summed E-state index contributed by atoms with van der Waals surface area (Å²) in [6.07, 6.45) is 0. The van der Waals surface area contributed by atoms with Crippen molar-refractivity contribution in [2.75, 3.05) is 11.4 Å². The second kappa shape index (κ2) is 9.18. The first-order valence-electron chi connectivity index (χ1n) is 9.74. The van der Waals surface area contributed by atoms with Gasteiger partial charge in [-0.05, 0) is 63.7 Å². The standard InChI is InChI=1S/C21H21F3N4O3S2/c1-5-28(20(2,3)4)14-10-15(29)13(9-17(14)33-21(22,23)24)26-27-19-25-12-7-6-11(18(30)31)8-16(12)32-19/h6-10,29H,5H2,1-4H3,(H,30,31). The summed E-state index contributed by atoms with van der Waals surface area (Å²) in [5, 5.41) is 27.6. The minimum Gasteiger partial charge on any atom is -0.506 e. The third kappa shape index (κ3) is 5.93. The average molecular weight is 499 g/mol. The fourth-order valence-electron chi connectivity index (χ4n) is 3.24. The number of carbonyl (C=O) groups is 1. The van der Waals surface area contributed by atoms with Gasteiger partial charge in [-0.1, -0.05) is 11.3 Å². The van der Waals surface area contributed by atoms with E-state index in [0.29, 0.717) is 16.8 Å². The van der Waals surface area contributed by atoms with E-state index in [2.05, 4.69) is 15.2 Å². The Balaban J connectivity index is 2.02. The van der Waals surface area contributed by atoms with Crippen LogP contribution in [0.25, 0.3) is 10.2 Å². The normalized spacial score (nSPS) is 12.6. The Morgan fingerprint density at radius 2 is 1.88 bits per heavy atom. The highest BCUT2D eigenvalue weighted by atomic mass is 32.2. The number of carboxylic acids is 1. The first kappa shape index (κ1) is 24.8. The first-order valence-corrected chi connectivity index (χ1v) is 11.4. The summed E-state index contributed by atoms with van der Waals surface area (Å²) >= 11 is 0.790. The predicted molar refractivity (Wildman–Crippen MR) is 124 cm³/mol. The molecule has 0 radical (unpaired) electrons. The van der Waals surface area contributed by atoms with Gasteiger partial charge in [-0.2, -0.15) is 13.2 Å². The van der Waals surface area contributed by atoms with Crippen molar-refractivity contribution in [2.24, 2.45) is 10.2 Å². The summed E-state index contributed by atoms with van der Waals surface area (Å²) in [6, 6.07) is 6.80. The van der Waals surface area contributed by atoms with Crippen LogP contribution in [-0.2, 0) is 0 Å². The summed E-state index contributed by atoms with van der Waals surface area (Å²) in [6.45, 7) is 7.85. The first-order chi connectivity index (χ1) is 15.3. The summed E-state index contributed by atoms with van der Waals surface area (Å²) in [7, 11) is 0. The molecule has 7 nitrogen and oxygen atoms in total. The molecular weight excluding hydrogens is 477 g/mol. The molecule has 0 aliphatic carbocycles. The highest BCUT2D eigenvalue weighted by molar-refractivity contribution is 8.00. The fraction of sp³-hybridized carbons (Fsp3) is 0.333. The monoisotopic (exact) mass is 498 g/mol. The van der Waals surface area contributed by atoms with E-state index in [1.165, 1.54) is 24.3 Å². The molecule has 2 aromatic carbocycles. The zero-order valence-corrected chi connectivity index (χ0v) is 19.8. The Morgan fingerprint density at radius 3 is 2.45 bits per heavy atom. The Bertz CT molecular complexity index is 1220. The van der Waals surface area contributed by atoms with E-state index in [0.717, 1.165) is 17.4 Å². The number of phenolic OH excluding ortho intramolecular Hbond substituents is 1. The van der Waals surface area contributed by atoms with Gasteiger partial charge in [0, 0.05) is 23.0 Å². The number of aromatic hydroxyl groups is 1. The minimum atomic E-state index is -4.54. The van der Waals surface area contributed by atoms with E-state index in [1.54, 1.807) is 4.90 Å². The van der Waals surface area contributed by atoms with Crippen molar-refractivity contribution in [1.29, 1.82) is 0 Å². The summed E-state index contributed by atoms with van der Waals surface area (Å²) in [4.78, 5) is 17.0. The molecule has 0 saturated heterocycles. The van der Waals surface area contributed by atoms with Crippen molar-refractivity contribution in [2.45, 2.75) is 43.6 Å². The number of halogens is 3. The van der Waals surface area contributed by atoms with Gasteiger partial charge in [0.15, 0.2) is 0 Å². The van der Waals surface area contributed by atoms with Crippen LogP contribution in [0.2, 0.25) is 0 Å². The van der Waals surface area contributed by atoms with Crippen LogP contribution in [0, 0.1) is 0 Å². The maximum absolute atomic E-state index is 13.3. The summed E-state index contributed by atoms with van der Waals surface area (Å²) in [5.74, 6) is -1.40. The third-order valence-corrected chi connectivity index (χ3v) is 6.25. The molecular formula is C21H21F3N4O3S2. The van der Waals surface area contributed by atoms with Crippen molar-refractivity contribution in [3.8, 4) is 5.75 Å². The lowest BCUT2D eigenvalue weighted by molar-refractivity contribution is -0.0328. The number of anilines is 1. The number of fused-ring (bicyclic) bond motifs is 1. The third-order valence-electron chi connectivity index (χ3n) is 4.57. The molecule has 0 amide bonds. The van der Waals surface area contributed by atoms with Gasteiger partial charge in [-0.25, -0.2) is 9.78 Å². The van der Waals surface area contributed by atoms with E-state index in [9.17, 15) is 23.1 Å². The molecule has 0 fully saturated rings. The molecule has 3 rings (SSSR count). The number of nitrogens with zero attached hydrogens (tertiary/aromatic N) is 4. The molecule has 0 unspecified atom stereocenters. The highest BCUT2D eigenvalue weighted by Gasteiger charge is 2.33. The van der Waals surface area contributed by atoms with Crippen LogP contribution in [0.4, 0.5) is 29.7 Å². The van der Waals surface area contributed by atoms with Gasteiger partial charge in [0.25, 0.3) is 0 Å². The molecule has 0 atom stereocenters. The molecule has 1 heterocycles. The maximum atomic E-state index is 13.3. The zero-order chi connectivity index (χ0) is 24.6.